The van der Waals surface area contributed by atoms with Crippen LogP contribution < -0.4 is 5.32 Å². The van der Waals surface area contributed by atoms with Crippen LogP contribution in [-0.4, -0.2) is 25.2 Å². The highest BCUT2D eigenvalue weighted by Crippen LogP contribution is 2.34. The minimum Gasteiger partial charge on any atom is -0.324 e. The molecule has 180 valence electrons. The van der Waals surface area contributed by atoms with Crippen LogP contribution in [0.1, 0.15) is 11.1 Å². The molecule has 0 saturated carbocycles. The van der Waals surface area contributed by atoms with Gasteiger partial charge in [0.15, 0.2) is 0 Å². The Morgan fingerprint density at radius 3 is 2.24 bits per heavy atom. The molecule has 5 nitrogen and oxygen atoms in total. The van der Waals surface area contributed by atoms with Crippen molar-refractivity contribution in [3.8, 4) is 0 Å². The van der Waals surface area contributed by atoms with Crippen LogP contribution in [0.4, 0.5) is 23.2 Å². The van der Waals surface area contributed by atoms with Crippen LogP contribution in [-0.2, 0) is 27.5 Å². The molecular formula is C22H16Cl2F4N2O3S. The zero-order valence-corrected chi connectivity index (χ0v) is 19.4. The largest absolute Gasteiger partial charge is 0.416 e. The third-order valence-corrected chi connectivity index (χ3v) is 7.03. The van der Waals surface area contributed by atoms with E-state index in [4.69, 9.17) is 23.2 Å². The van der Waals surface area contributed by atoms with Crippen LogP contribution in [0.5, 0.6) is 0 Å². The Hall–Kier alpha value is -2.66. The highest BCUT2D eigenvalue weighted by atomic mass is 35.5. The minimum absolute atomic E-state index is 0.00932. The number of nitrogens with zero attached hydrogens (tertiary/aromatic N) is 1. The summed E-state index contributed by atoms with van der Waals surface area (Å²) in [7, 11) is -4.33. The summed E-state index contributed by atoms with van der Waals surface area (Å²) in [6.45, 7) is -1.34. The summed E-state index contributed by atoms with van der Waals surface area (Å²) < 4.78 is 80.4. The maximum atomic E-state index is 14.2. The van der Waals surface area contributed by atoms with Crippen LogP contribution in [0.15, 0.2) is 71.6 Å². The quantitative estimate of drug-likeness (QED) is 0.379. The van der Waals surface area contributed by atoms with E-state index < -0.39 is 46.6 Å². The molecule has 0 aliphatic carbocycles. The van der Waals surface area contributed by atoms with Gasteiger partial charge in [0.25, 0.3) is 0 Å². The molecule has 1 N–H and O–H groups in total. The van der Waals surface area contributed by atoms with Crippen molar-refractivity contribution in [3.63, 3.8) is 0 Å². The van der Waals surface area contributed by atoms with Crippen molar-refractivity contribution in [3.05, 3.63) is 93.7 Å². The van der Waals surface area contributed by atoms with Crippen molar-refractivity contribution in [2.24, 2.45) is 0 Å². The summed E-state index contributed by atoms with van der Waals surface area (Å²) >= 11 is 11.7. The fourth-order valence-corrected chi connectivity index (χ4v) is 4.61. The SMILES string of the molecule is O=C(CN(Cc1ccccc1F)S(=O)(=O)c1ccc(Cl)cc1)Nc1cc(C(F)(F)F)ccc1Cl. The van der Waals surface area contributed by atoms with Crippen LogP contribution >= 0.6 is 23.2 Å². The fraction of sp³-hybridized carbons (Fsp3) is 0.136. The summed E-state index contributed by atoms with van der Waals surface area (Å²) in [5.74, 6) is -1.67. The first kappa shape index (κ1) is 26.0. The van der Waals surface area contributed by atoms with Gasteiger partial charge in [-0.25, -0.2) is 12.8 Å². The molecule has 0 bridgehead atoms. The molecule has 34 heavy (non-hydrogen) atoms. The Kier molecular flexibility index (Phi) is 7.87. The van der Waals surface area contributed by atoms with Gasteiger partial charge in [-0.1, -0.05) is 41.4 Å². The van der Waals surface area contributed by atoms with Gasteiger partial charge in [0, 0.05) is 17.1 Å². The first-order valence-corrected chi connectivity index (χ1v) is 11.7. The van der Waals surface area contributed by atoms with E-state index in [2.05, 4.69) is 5.32 Å². The lowest BCUT2D eigenvalue weighted by Crippen LogP contribution is -2.37. The lowest BCUT2D eigenvalue weighted by atomic mass is 10.2. The summed E-state index contributed by atoms with van der Waals surface area (Å²) in [5.41, 5.74) is -1.41. The second kappa shape index (κ2) is 10.3. The van der Waals surface area contributed by atoms with E-state index in [1.54, 1.807) is 0 Å². The molecule has 0 atom stereocenters. The third kappa shape index (κ3) is 6.26. The number of amides is 1. The van der Waals surface area contributed by atoms with Crippen molar-refractivity contribution in [2.75, 3.05) is 11.9 Å². The average Bonchev–Trinajstić information content (AvgIpc) is 2.75. The normalized spacial score (nSPS) is 12.1. The van der Waals surface area contributed by atoms with Gasteiger partial charge in [-0.3, -0.25) is 4.79 Å². The fourth-order valence-electron chi connectivity index (χ4n) is 2.95. The maximum absolute atomic E-state index is 14.2. The molecule has 0 unspecified atom stereocenters. The van der Waals surface area contributed by atoms with Gasteiger partial charge < -0.3 is 5.32 Å². The smallest absolute Gasteiger partial charge is 0.324 e. The predicted molar refractivity (Wildman–Crippen MR) is 121 cm³/mol. The van der Waals surface area contributed by atoms with E-state index in [0.29, 0.717) is 10.4 Å². The van der Waals surface area contributed by atoms with Crippen molar-refractivity contribution >= 4 is 44.8 Å². The molecule has 0 saturated heterocycles. The number of hydrogen-bond donors (Lipinski definition) is 1. The number of carbonyl (C=O) groups is 1. The van der Waals surface area contributed by atoms with Gasteiger partial charge in [-0.15, -0.1) is 0 Å². The Balaban J connectivity index is 1.92. The number of benzene rings is 3. The Morgan fingerprint density at radius 1 is 0.971 bits per heavy atom. The van der Waals surface area contributed by atoms with E-state index in [9.17, 15) is 30.8 Å². The Labute approximate surface area is 203 Å². The van der Waals surface area contributed by atoms with Gasteiger partial charge in [0.05, 0.1) is 27.7 Å². The molecule has 12 heteroatoms. The number of hydrogen-bond acceptors (Lipinski definition) is 3. The third-order valence-electron chi connectivity index (χ3n) is 4.64. The molecule has 3 aromatic rings. The summed E-state index contributed by atoms with van der Waals surface area (Å²) in [6, 6.07) is 12.8. The summed E-state index contributed by atoms with van der Waals surface area (Å²) in [4.78, 5) is 12.5. The highest BCUT2D eigenvalue weighted by Gasteiger charge is 2.32. The van der Waals surface area contributed by atoms with Gasteiger partial charge in [0.2, 0.25) is 15.9 Å². The van der Waals surface area contributed by atoms with Gasteiger partial charge in [-0.2, -0.15) is 17.5 Å². The van der Waals surface area contributed by atoms with Crippen LogP contribution in [0.2, 0.25) is 10.0 Å². The van der Waals surface area contributed by atoms with Crippen LogP contribution in [0.3, 0.4) is 0 Å². The first-order valence-electron chi connectivity index (χ1n) is 9.53. The zero-order valence-electron chi connectivity index (χ0n) is 17.1. The zero-order chi connectivity index (χ0) is 25.1. The molecule has 0 heterocycles. The Bertz CT molecular complexity index is 1300. The van der Waals surface area contributed by atoms with Crippen LogP contribution in [0.25, 0.3) is 0 Å². The van der Waals surface area contributed by atoms with Crippen molar-refractivity contribution in [1.82, 2.24) is 4.31 Å². The number of sulfonamides is 1. The minimum atomic E-state index is -4.68. The molecule has 0 fully saturated rings. The van der Waals surface area contributed by atoms with Gasteiger partial charge in [0.1, 0.15) is 5.82 Å². The second-order valence-electron chi connectivity index (χ2n) is 7.06. The molecule has 0 aliphatic rings. The molecule has 0 aromatic heterocycles. The summed E-state index contributed by atoms with van der Waals surface area (Å²) in [5, 5.41) is 2.29. The molecule has 3 rings (SSSR count). The molecular weight excluding hydrogens is 519 g/mol. The number of rotatable bonds is 7. The van der Waals surface area contributed by atoms with Gasteiger partial charge in [-0.05, 0) is 48.5 Å². The van der Waals surface area contributed by atoms with Crippen molar-refractivity contribution < 1.29 is 30.8 Å². The molecule has 0 aliphatic heterocycles. The molecule has 0 spiro atoms. The topological polar surface area (TPSA) is 66.5 Å². The standard InChI is InChI=1S/C22H16Cl2F4N2O3S/c23-16-6-8-17(9-7-16)34(32,33)30(12-14-3-1-2-4-19(14)25)13-21(31)29-20-11-15(22(26,27)28)5-10-18(20)24/h1-11H,12-13H2,(H,29,31). The van der Waals surface area contributed by atoms with E-state index >= 15 is 0 Å². The van der Waals surface area contributed by atoms with E-state index in [-0.39, 0.29) is 26.2 Å². The van der Waals surface area contributed by atoms with Crippen molar-refractivity contribution in [1.29, 1.82) is 0 Å². The predicted octanol–water partition coefficient (Wildman–Crippen LogP) is 5.98. The highest BCUT2D eigenvalue weighted by molar-refractivity contribution is 7.89. The monoisotopic (exact) mass is 534 g/mol. The maximum Gasteiger partial charge on any atom is 0.416 e. The van der Waals surface area contributed by atoms with Gasteiger partial charge >= 0.3 is 6.18 Å². The average molecular weight is 535 g/mol. The Morgan fingerprint density at radius 2 is 1.62 bits per heavy atom. The number of anilines is 1. The molecule has 1 amide bonds. The molecule has 0 radical (unpaired) electrons. The van der Waals surface area contributed by atoms with Crippen molar-refractivity contribution in [2.45, 2.75) is 17.6 Å². The summed E-state index contributed by atoms with van der Waals surface area (Å²) in [6.07, 6.45) is -4.68. The van der Waals surface area contributed by atoms with E-state index in [1.807, 2.05) is 0 Å². The lowest BCUT2D eigenvalue weighted by Gasteiger charge is -2.22. The number of nitrogens with one attached hydrogen (secondary N) is 1. The number of alkyl halides is 3. The van der Waals surface area contributed by atoms with Crippen LogP contribution in [0, 0.1) is 5.82 Å². The van der Waals surface area contributed by atoms with E-state index in [0.717, 1.165) is 18.2 Å². The number of halogens is 6. The molecule has 3 aromatic carbocycles. The first-order chi connectivity index (χ1) is 15.9. The second-order valence-corrected chi connectivity index (χ2v) is 9.84. The lowest BCUT2D eigenvalue weighted by molar-refractivity contribution is -0.137. The number of carbonyl (C=O) groups excluding carboxylic acids is 1. The van der Waals surface area contributed by atoms with E-state index in [1.165, 1.54) is 42.5 Å².